The number of allylic oxidation sites excluding steroid dienone is 2. The molecule has 1 fully saturated rings. The second kappa shape index (κ2) is 8.75. The van der Waals surface area contributed by atoms with E-state index in [1.807, 2.05) is 18.2 Å². The lowest BCUT2D eigenvalue weighted by Crippen LogP contribution is -2.25. The standard InChI is InChI=1S/C25H27NO2/c1-4-9-21(5-2)18-26(19-22-10-7-6-8-11-22)24-14-12-23(13-15-24)25(16-17-25)28-20(3)27/h4-15H,1-2,16-19H2,3H3/b21-9+. The molecule has 0 N–H and O–H groups in total. The largest absolute Gasteiger partial charge is 0.454 e. The minimum atomic E-state index is -0.413. The Kier molecular flexibility index (Phi) is 6.15. The van der Waals surface area contributed by atoms with Crippen LogP contribution >= 0.6 is 0 Å². The van der Waals surface area contributed by atoms with Gasteiger partial charge >= 0.3 is 5.97 Å². The number of nitrogens with zero attached hydrogens (tertiary/aromatic N) is 1. The van der Waals surface area contributed by atoms with Gasteiger partial charge in [-0.3, -0.25) is 4.79 Å². The summed E-state index contributed by atoms with van der Waals surface area (Å²) in [7, 11) is 0. The molecule has 0 saturated heterocycles. The van der Waals surface area contributed by atoms with Crippen molar-refractivity contribution >= 4 is 11.7 Å². The Balaban J connectivity index is 1.84. The van der Waals surface area contributed by atoms with Gasteiger partial charge in [0.15, 0.2) is 0 Å². The molecule has 2 aromatic carbocycles. The van der Waals surface area contributed by atoms with Crippen molar-refractivity contribution in [3.05, 3.63) is 103 Å². The molecule has 0 spiro atoms. The third-order valence-corrected chi connectivity index (χ3v) is 4.99. The summed E-state index contributed by atoms with van der Waals surface area (Å²) in [4.78, 5) is 13.7. The van der Waals surface area contributed by atoms with Crippen LogP contribution in [-0.4, -0.2) is 12.5 Å². The smallest absolute Gasteiger partial charge is 0.303 e. The molecule has 0 unspecified atom stereocenters. The predicted molar refractivity (Wildman–Crippen MR) is 115 cm³/mol. The van der Waals surface area contributed by atoms with E-state index in [0.717, 1.165) is 42.8 Å². The van der Waals surface area contributed by atoms with E-state index in [9.17, 15) is 4.79 Å². The van der Waals surface area contributed by atoms with Gasteiger partial charge in [0, 0.05) is 25.7 Å². The number of esters is 1. The van der Waals surface area contributed by atoms with Crippen molar-refractivity contribution in [3.8, 4) is 0 Å². The molecule has 1 aliphatic carbocycles. The molecule has 2 aromatic rings. The van der Waals surface area contributed by atoms with Gasteiger partial charge in [0.05, 0.1) is 0 Å². The number of hydrogen-bond acceptors (Lipinski definition) is 3. The van der Waals surface area contributed by atoms with Crippen molar-refractivity contribution < 1.29 is 9.53 Å². The monoisotopic (exact) mass is 373 g/mol. The Morgan fingerprint density at radius 3 is 2.32 bits per heavy atom. The molecule has 0 heterocycles. The normalized spacial score (nSPS) is 14.8. The molecule has 0 amide bonds. The second-order valence-corrected chi connectivity index (χ2v) is 7.16. The van der Waals surface area contributed by atoms with Crippen molar-refractivity contribution in [2.45, 2.75) is 31.9 Å². The lowest BCUT2D eigenvalue weighted by atomic mass is 10.1. The summed E-state index contributed by atoms with van der Waals surface area (Å²) in [5.41, 5.74) is 4.12. The molecule has 1 aliphatic rings. The highest BCUT2D eigenvalue weighted by Gasteiger charge is 2.47. The molecule has 144 valence electrons. The molecule has 0 radical (unpaired) electrons. The Hall–Kier alpha value is -3.07. The van der Waals surface area contributed by atoms with E-state index in [1.54, 1.807) is 6.08 Å². The van der Waals surface area contributed by atoms with Crippen LogP contribution in [0.3, 0.4) is 0 Å². The SMILES string of the molecule is C=C/C=C(\C=C)CN(Cc1ccccc1)c1ccc(C2(OC(C)=O)CC2)cc1. The average Bonchev–Trinajstić information content (AvgIpc) is 3.48. The fourth-order valence-corrected chi connectivity index (χ4v) is 3.41. The first kappa shape index (κ1) is 19.7. The van der Waals surface area contributed by atoms with Crippen molar-refractivity contribution in [3.63, 3.8) is 0 Å². The van der Waals surface area contributed by atoms with E-state index < -0.39 is 5.60 Å². The molecule has 1 saturated carbocycles. The van der Waals surface area contributed by atoms with Crippen molar-refractivity contribution in [1.29, 1.82) is 0 Å². The van der Waals surface area contributed by atoms with Gasteiger partial charge in [-0.1, -0.05) is 73.9 Å². The summed E-state index contributed by atoms with van der Waals surface area (Å²) in [6, 6.07) is 18.8. The van der Waals surface area contributed by atoms with Gasteiger partial charge < -0.3 is 9.64 Å². The average molecular weight is 373 g/mol. The van der Waals surface area contributed by atoms with Crippen LogP contribution < -0.4 is 4.90 Å². The van der Waals surface area contributed by atoms with E-state index >= 15 is 0 Å². The first-order valence-corrected chi connectivity index (χ1v) is 9.59. The van der Waals surface area contributed by atoms with Crippen LogP contribution in [0.1, 0.15) is 30.9 Å². The van der Waals surface area contributed by atoms with Crippen LogP contribution in [0.5, 0.6) is 0 Å². The minimum Gasteiger partial charge on any atom is -0.454 e. The van der Waals surface area contributed by atoms with E-state index in [0.29, 0.717) is 0 Å². The van der Waals surface area contributed by atoms with E-state index in [-0.39, 0.29) is 5.97 Å². The first-order valence-electron chi connectivity index (χ1n) is 9.59. The highest BCUT2D eigenvalue weighted by molar-refractivity contribution is 5.67. The van der Waals surface area contributed by atoms with Crippen molar-refractivity contribution in [2.75, 3.05) is 11.4 Å². The van der Waals surface area contributed by atoms with Crippen molar-refractivity contribution in [2.24, 2.45) is 0 Å². The van der Waals surface area contributed by atoms with Gasteiger partial charge in [-0.25, -0.2) is 0 Å². The summed E-state index contributed by atoms with van der Waals surface area (Å²) < 4.78 is 5.56. The van der Waals surface area contributed by atoms with Crippen LogP contribution in [0, 0.1) is 0 Å². The molecule has 0 aliphatic heterocycles. The summed E-state index contributed by atoms with van der Waals surface area (Å²) in [5.74, 6) is -0.225. The minimum absolute atomic E-state index is 0.225. The molecule has 3 nitrogen and oxygen atoms in total. The zero-order valence-corrected chi connectivity index (χ0v) is 16.4. The molecule has 0 aromatic heterocycles. The van der Waals surface area contributed by atoms with Gasteiger partial charge in [-0.2, -0.15) is 0 Å². The number of ether oxygens (including phenoxy) is 1. The molecule has 28 heavy (non-hydrogen) atoms. The lowest BCUT2D eigenvalue weighted by Gasteiger charge is -2.26. The first-order chi connectivity index (χ1) is 13.6. The number of rotatable bonds is 9. The number of carbonyl (C=O) groups excluding carboxylic acids is 1. The molecular formula is C25H27NO2. The molecule has 3 heteroatoms. The highest BCUT2D eigenvalue weighted by atomic mass is 16.6. The van der Waals surface area contributed by atoms with Gasteiger partial charge in [0.25, 0.3) is 0 Å². The van der Waals surface area contributed by atoms with Gasteiger partial charge in [-0.05, 0) is 41.7 Å². The fraction of sp³-hybridized carbons (Fsp3) is 0.240. The molecule has 0 atom stereocenters. The number of benzene rings is 2. The van der Waals surface area contributed by atoms with Crippen LogP contribution in [0.2, 0.25) is 0 Å². The topological polar surface area (TPSA) is 29.5 Å². The Bertz CT molecular complexity index is 861. The maximum atomic E-state index is 11.4. The molecule has 0 bridgehead atoms. The summed E-state index contributed by atoms with van der Waals surface area (Å²) in [5, 5.41) is 0. The maximum Gasteiger partial charge on any atom is 0.303 e. The van der Waals surface area contributed by atoms with Gasteiger partial charge in [0.2, 0.25) is 0 Å². The number of carbonyl (C=O) groups is 1. The van der Waals surface area contributed by atoms with Crippen molar-refractivity contribution in [1.82, 2.24) is 0 Å². The predicted octanol–water partition coefficient (Wildman–Crippen LogP) is 5.54. The fourth-order valence-electron chi connectivity index (χ4n) is 3.41. The van der Waals surface area contributed by atoms with Crippen LogP contribution in [0.25, 0.3) is 0 Å². The summed E-state index contributed by atoms with van der Waals surface area (Å²) in [6.45, 7) is 10.7. The van der Waals surface area contributed by atoms with Gasteiger partial charge in [-0.15, -0.1) is 0 Å². The maximum absolute atomic E-state index is 11.4. The quantitative estimate of drug-likeness (QED) is 0.427. The van der Waals surface area contributed by atoms with E-state index in [2.05, 4.69) is 66.6 Å². The highest BCUT2D eigenvalue weighted by Crippen LogP contribution is 2.49. The van der Waals surface area contributed by atoms with Gasteiger partial charge in [0.1, 0.15) is 5.60 Å². The second-order valence-electron chi connectivity index (χ2n) is 7.16. The van der Waals surface area contributed by atoms with E-state index in [4.69, 9.17) is 4.74 Å². The third-order valence-electron chi connectivity index (χ3n) is 4.99. The lowest BCUT2D eigenvalue weighted by molar-refractivity contribution is -0.149. The summed E-state index contributed by atoms with van der Waals surface area (Å²) in [6.07, 6.45) is 7.43. The Morgan fingerprint density at radius 2 is 1.79 bits per heavy atom. The van der Waals surface area contributed by atoms with E-state index in [1.165, 1.54) is 12.5 Å². The Labute approximate surface area is 167 Å². The zero-order chi connectivity index (χ0) is 20.0. The zero-order valence-electron chi connectivity index (χ0n) is 16.4. The van der Waals surface area contributed by atoms with Crippen LogP contribution in [-0.2, 0) is 21.7 Å². The van der Waals surface area contributed by atoms with Crippen LogP contribution in [0.4, 0.5) is 5.69 Å². The number of anilines is 1. The van der Waals surface area contributed by atoms with Crippen LogP contribution in [0.15, 0.2) is 91.6 Å². The Morgan fingerprint density at radius 1 is 1.11 bits per heavy atom. The summed E-state index contributed by atoms with van der Waals surface area (Å²) >= 11 is 0. The number of hydrogen-bond donors (Lipinski definition) is 0. The molecule has 3 rings (SSSR count). The molecular weight excluding hydrogens is 346 g/mol. The third kappa shape index (κ3) is 4.80.